The summed E-state index contributed by atoms with van der Waals surface area (Å²) in [6.45, 7) is 5.26. The predicted molar refractivity (Wildman–Crippen MR) is 133 cm³/mol. The molecule has 192 valence electrons. The van der Waals surface area contributed by atoms with Crippen LogP contribution in [0.15, 0.2) is 53.6 Å². The van der Waals surface area contributed by atoms with E-state index in [0.717, 1.165) is 35.0 Å². The van der Waals surface area contributed by atoms with E-state index in [0.29, 0.717) is 18.3 Å². The quantitative estimate of drug-likeness (QED) is 0.388. The van der Waals surface area contributed by atoms with Crippen LogP contribution in [0.3, 0.4) is 0 Å². The van der Waals surface area contributed by atoms with Crippen LogP contribution in [0.4, 0.5) is 18.4 Å². The maximum Gasteiger partial charge on any atom is 0.407 e. The van der Waals surface area contributed by atoms with Crippen molar-refractivity contribution in [3.63, 3.8) is 0 Å². The summed E-state index contributed by atoms with van der Waals surface area (Å²) in [5.41, 5.74) is -0.0519. The number of hydrogen-bond acceptors (Lipinski definition) is 6. The number of thioether (sulfide) groups is 1. The molecule has 1 aliphatic rings. The largest absolute Gasteiger partial charge is 0.444 e. The van der Waals surface area contributed by atoms with E-state index in [1.807, 2.05) is 6.07 Å². The van der Waals surface area contributed by atoms with E-state index in [1.165, 1.54) is 0 Å². The molecule has 2 aromatic rings. The number of hydrogen-bond donors (Lipinski definition) is 2. The molecular weight excluding hydrogens is 490 g/mol. The Morgan fingerprint density at radius 2 is 1.86 bits per heavy atom. The average Bonchev–Trinajstić information content (AvgIpc) is 3.22. The molecule has 36 heavy (non-hydrogen) atoms. The lowest BCUT2D eigenvalue weighted by molar-refractivity contribution is -0.107. The minimum Gasteiger partial charge on any atom is -0.444 e. The molecule has 0 spiro atoms. The molecule has 1 unspecified atom stereocenters. The first-order valence-corrected chi connectivity index (χ1v) is 12.1. The number of carbonyl (C=O) groups is 3. The molecule has 3 amide bonds. The van der Waals surface area contributed by atoms with Crippen molar-refractivity contribution in [1.29, 1.82) is 0 Å². The molecule has 0 fully saturated rings. The van der Waals surface area contributed by atoms with Crippen LogP contribution < -0.4 is 10.6 Å². The molecule has 1 atom stereocenters. The van der Waals surface area contributed by atoms with Crippen molar-refractivity contribution < 1.29 is 27.9 Å². The molecule has 0 aromatic heterocycles. The molecule has 2 N–H and O–H groups in total. The molecule has 0 radical (unpaired) electrons. The maximum atomic E-state index is 14.6. The highest BCUT2D eigenvalue weighted by molar-refractivity contribution is 8.15. The van der Waals surface area contributed by atoms with Crippen molar-refractivity contribution in [2.75, 3.05) is 13.1 Å². The smallest absolute Gasteiger partial charge is 0.407 e. The van der Waals surface area contributed by atoms with Crippen LogP contribution >= 0.6 is 11.8 Å². The van der Waals surface area contributed by atoms with Gasteiger partial charge in [-0.2, -0.15) is 10.1 Å². The number of nitrogens with zero attached hydrogens (tertiary/aromatic N) is 2. The highest BCUT2D eigenvalue weighted by Crippen LogP contribution is 2.50. The average molecular weight is 519 g/mol. The second-order valence-electron chi connectivity index (χ2n) is 8.98. The molecule has 3 rings (SSSR count). The molecule has 8 nitrogen and oxygen atoms in total. The van der Waals surface area contributed by atoms with Crippen LogP contribution in [0.25, 0.3) is 0 Å². The number of benzene rings is 2. The number of aldehydes is 1. The van der Waals surface area contributed by atoms with E-state index in [9.17, 15) is 23.2 Å². The van der Waals surface area contributed by atoms with Gasteiger partial charge in [0.2, 0.25) is 0 Å². The second-order valence-corrected chi connectivity index (χ2v) is 10.2. The maximum absolute atomic E-state index is 14.6. The van der Waals surface area contributed by atoms with E-state index in [4.69, 9.17) is 4.74 Å². The third-order valence-electron chi connectivity index (χ3n) is 5.07. The zero-order valence-electron chi connectivity index (χ0n) is 20.2. The first-order valence-electron chi connectivity index (χ1n) is 11.3. The fraction of sp³-hybridized carbons (Fsp3) is 0.360. The highest BCUT2D eigenvalue weighted by atomic mass is 32.2. The summed E-state index contributed by atoms with van der Waals surface area (Å²) in [5, 5.41) is 10.8. The lowest BCUT2D eigenvalue weighted by atomic mass is 10.0. The van der Waals surface area contributed by atoms with Gasteiger partial charge >= 0.3 is 12.1 Å². The Kier molecular flexibility index (Phi) is 8.67. The van der Waals surface area contributed by atoms with Gasteiger partial charge in [-0.05, 0) is 57.4 Å². The Bertz CT molecular complexity index is 1140. The van der Waals surface area contributed by atoms with Crippen molar-refractivity contribution in [2.24, 2.45) is 5.10 Å². The third-order valence-corrected chi connectivity index (χ3v) is 6.52. The van der Waals surface area contributed by atoms with Crippen LogP contribution in [0, 0.1) is 11.6 Å². The van der Waals surface area contributed by atoms with Crippen LogP contribution in [0.5, 0.6) is 0 Å². The first-order chi connectivity index (χ1) is 17.1. The summed E-state index contributed by atoms with van der Waals surface area (Å²) < 4.78 is 33.9. The summed E-state index contributed by atoms with van der Waals surface area (Å²) in [7, 11) is 0. The number of hydrazone groups is 1. The van der Waals surface area contributed by atoms with Crippen molar-refractivity contribution in [3.8, 4) is 0 Å². The molecule has 1 heterocycles. The number of carbonyl (C=O) groups excluding carboxylic acids is 3. The van der Waals surface area contributed by atoms with Crippen molar-refractivity contribution in [1.82, 2.24) is 15.6 Å². The minimum atomic E-state index is -1.15. The van der Waals surface area contributed by atoms with Gasteiger partial charge in [-0.3, -0.25) is 0 Å². The molecule has 2 aromatic carbocycles. The van der Waals surface area contributed by atoms with E-state index in [-0.39, 0.29) is 30.1 Å². The van der Waals surface area contributed by atoms with Gasteiger partial charge in [0, 0.05) is 12.1 Å². The van der Waals surface area contributed by atoms with E-state index in [2.05, 4.69) is 15.7 Å². The van der Waals surface area contributed by atoms with Crippen LogP contribution in [0.1, 0.15) is 44.7 Å². The van der Waals surface area contributed by atoms with Gasteiger partial charge in [0.1, 0.15) is 33.4 Å². The summed E-state index contributed by atoms with van der Waals surface area (Å²) in [4.78, 5) is 34.9. The zero-order valence-corrected chi connectivity index (χ0v) is 21.0. The Morgan fingerprint density at radius 3 is 2.53 bits per heavy atom. The summed E-state index contributed by atoms with van der Waals surface area (Å²) in [6.07, 6.45) is 0.644. The molecular formula is C25H28F2N4O4S. The monoisotopic (exact) mass is 518 g/mol. The minimum absolute atomic E-state index is 0.0853. The third kappa shape index (κ3) is 6.60. The number of alkyl carbamates (subject to hydrolysis) is 1. The van der Waals surface area contributed by atoms with Crippen molar-refractivity contribution in [3.05, 3.63) is 71.3 Å². The van der Waals surface area contributed by atoms with E-state index in [1.54, 1.807) is 45.0 Å². The van der Waals surface area contributed by atoms with Gasteiger partial charge < -0.3 is 20.2 Å². The van der Waals surface area contributed by atoms with Crippen LogP contribution in [-0.2, 0) is 14.4 Å². The molecule has 0 saturated carbocycles. The standard InChI is InChI=1S/C25H28F2N4O4S/c1-24(2,3)35-23(34)29-13-7-12-25(17-8-5-4-6-9-17)31(22(33)28-14-15-32)30-21(36-25)19-16-18(26)10-11-20(19)27/h4-6,8-11,15-16H,7,12-14H2,1-3H3,(H,28,33)(H,29,34). The lowest BCUT2D eigenvalue weighted by Crippen LogP contribution is -2.47. The molecule has 11 heteroatoms. The Labute approximate surface area is 212 Å². The van der Waals surface area contributed by atoms with Crippen molar-refractivity contribution >= 4 is 35.2 Å². The first kappa shape index (κ1) is 27.1. The van der Waals surface area contributed by atoms with Crippen LogP contribution in [0.2, 0.25) is 0 Å². The SMILES string of the molecule is CC(C)(C)OC(=O)NCCCC1(c2ccccc2)SC(c2cc(F)ccc2F)=NN1C(=O)NCC=O. The number of rotatable bonds is 8. The highest BCUT2D eigenvalue weighted by Gasteiger charge is 2.48. The van der Waals surface area contributed by atoms with Gasteiger partial charge in [0.05, 0.1) is 6.54 Å². The fourth-order valence-corrected chi connectivity index (χ4v) is 5.01. The van der Waals surface area contributed by atoms with E-state index < -0.39 is 34.2 Å². The summed E-state index contributed by atoms with van der Waals surface area (Å²) >= 11 is 1.10. The summed E-state index contributed by atoms with van der Waals surface area (Å²) in [6, 6.07) is 11.3. The summed E-state index contributed by atoms with van der Waals surface area (Å²) in [5.74, 6) is -1.34. The zero-order chi connectivity index (χ0) is 26.3. The molecule has 0 saturated heterocycles. The number of nitrogens with one attached hydrogen (secondary N) is 2. The molecule has 1 aliphatic heterocycles. The Balaban J connectivity index is 1.94. The van der Waals surface area contributed by atoms with Gasteiger partial charge in [0.15, 0.2) is 0 Å². The van der Waals surface area contributed by atoms with Gasteiger partial charge in [-0.15, -0.1) is 0 Å². The Hall–Kier alpha value is -3.47. The van der Waals surface area contributed by atoms with Crippen LogP contribution in [-0.4, -0.2) is 47.2 Å². The Morgan fingerprint density at radius 1 is 1.14 bits per heavy atom. The van der Waals surface area contributed by atoms with Gasteiger partial charge in [-0.1, -0.05) is 42.1 Å². The van der Waals surface area contributed by atoms with Gasteiger partial charge in [-0.25, -0.2) is 18.4 Å². The fourth-order valence-electron chi connectivity index (χ4n) is 3.59. The van der Waals surface area contributed by atoms with Crippen molar-refractivity contribution in [2.45, 2.75) is 44.1 Å². The number of amides is 3. The predicted octanol–water partition coefficient (Wildman–Crippen LogP) is 4.74. The van der Waals surface area contributed by atoms with E-state index >= 15 is 0 Å². The van der Waals surface area contributed by atoms with Gasteiger partial charge in [0.25, 0.3) is 0 Å². The lowest BCUT2D eigenvalue weighted by Gasteiger charge is -2.35. The molecule has 0 aliphatic carbocycles. The number of halogens is 2. The topological polar surface area (TPSA) is 100 Å². The normalized spacial score (nSPS) is 17.4. The molecule has 0 bridgehead atoms. The second kappa shape index (κ2) is 11.5. The number of ether oxygens (including phenoxy) is 1. The number of urea groups is 1.